The highest BCUT2D eigenvalue weighted by Crippen LogP contribution is 2.21. The number of benzene rings is 1. The monoisotopic (exact) mass is 374 g/mol. The standard InChI is InChI=1S/C19H22N2O2S2/c1-3-13-6-8-14(9-7-13)23-11-5-10-21-18(22)16-12-15(4-2)25-17(16)20-19(21)24/h6-9,12H,3-5,10-11H2,1-2H3,(H,20,24). The van der Waals surface area contributed by atoms with Crippen LogP contribution in [-0.4, -0.2) is 16.2 Å². The van der Waals surface area contributed by atoms with Crippen LogP contribution in [0.1, 0.15) is 30.7 Å². The van der Waals surface area contributed by atoms with E-state index in [1.54, 1.807) is 15.9 Å². The van der Waals surface area contributed by atoms with Gasteiger partial charge in [0.2, 0.25) is 0 Å². The molecule has 0 saturated carbocycles. The number of nitrogens with zero attached hydrogens (tertiary/aromatic N) is 1. The van der Waals surface area contributed by atoms with Gasteiger partial charge in [-0.25, -0.2) is 0 Å². The van der Waals surface area contributed by atoms with E-state index in [0.717, 1.165) is 35.2 Å². The molecule has 0 amide bonds. The molecule has 132 valence electrons. The molecule has 25 heavy (non-hydrogen) atoms. The Bertz CT molecular complexity index is 968. The van der Waals surface area contributed by atoms with E-state index in [1.807, 2.05) is 18.2 Å². The summed E-state index contributed by atoms with van der Waals surface area (Å²) in [5.74, 6) is 0.857. The lowest BCUT2D eigenvalue weighted by molar-refractivity contribution is 0.300. The van der Waals surface area contributed by atoms with Gasteiger partial charge < -0.3 is 9.72 Å². The van der Waals surface area contributed by atoms with Crippen molar-refractivity contribution in [1.29, 1.82) is 0 Å². The fraction of sp³-hybridized carbons (Fsp3) is 0.368. The molecule has 0 atom stereocenters. The molecule has 0 aliphatic rings. The molecule has 2 heterocycles. The van der Waals surface area contributed by atoms with Crippen LogP contribution < -0.4 is 10.3 Å². The number of H-pyrrole nitrogens is 1. The highest BCUT2D eigenvalue weighted by molar-refractivity contribution is 7.71. The largest absolute Gasteiger partial charge is 0.494 e. The molecule has 1 aromatic carbocycles. The molecule has 0 spiro atoms. The number of rotatable bonds is 7. The summed E-state index contributed by atoms with van der Waals surface area (Å²) >= 11 is 6.96. The summed E-state index contributed by atoms with van der Waals surface area (Å²) in [6.45, 7) is 5.32. The molecule has 0 radical (unpaired) electrons. The van der Waals surface area contributed by atoms with Crippen LogP contribution in [0.4, 0.5) is 0 Å². The zero-order chi connectivity index (χ0) is 17.8. The van der Waals surface area contributed by atoms with Crippen molar-refractivity contribution in [1.82, 2.24) is 9.55 Å². The average molecular weight is 375 g/mol. The summed E-state index contributed by atoms with van der Waals surface area (Å²) in [7, 11) is 0. The van der Waals surface area contributed by atoms with Gasteiger partial charge in [-0.1, -0.05) is 26.0 Å². The highest BCUT2D eigenvalue weighted by Gasteiger charge is 2.09. The van der Waals surface area contributed by atoms with Gasteiger partial charge in [0.1, 0.15) is 10.6 Å². The lowest BCUT2D eigenvalue weighted by Crippen LogP contribution is -2.22. The quantitative estimate of drug-likeness (QED) is 0.481. The first-order valence-electron chi connectivity index (χ1n) is 8.59. The first-order chi connectivity index (χ1) is 12.1. The van der Waals surface area contributed by atoms with Crippen LogP contribution in [0.2, 0.25) is 0 Å². The Kier molecular flexibility index (Phi) is 5.71. The molecule has 3 rings (SSSR count). The Morgan fingerprint density at radius 3 is 2.64 bits per heavy atom. The number of ether oxygens (including phenoxy) is 1. The minimum Gasteiger partial charge on any atom is -0.494 e. The van der Waals surface area contributed by atoms with Crippen LogP contribution in [-0.2, 0) is 19.4 Å². The first kappa shape index (κ1) is 17.9. The topological polar surface area (TPSA) is 47.0 Å². The van der Waals surface area contributed by atoms with Gasteiger partial charge in [0.05, 0.1) is 12.0 Å². The third kappa shape index (κ3) is 4.02. The molecule has 0 saturated heterocycles. The van der Waals surface area contributed by atoms with Gasteiger partial charge in [0.25, 0.3) is 5.56 Å². The van der Waals surface area contributed by atoms with Crippen LogP contribution in [0.25, 0.3) is 10.2 Å². The van der Waals surface area contributed by atoms with Crippen molar-refractivity contribution < 1.29 is 4.74 Å². The second kappa shape index (κ2) is 7.97. The Balaban J connectivity index is 1.66. The molecule has 6 heteroatoms. The predicted octanol–water partition coefficient (Wildman–Crippen LogP) is 4.71. The molecule has 0 fully saturated rings. The molecule has 0 unspecified atom stereocenters. The van der Waals surface area contributed by atoms with Crippen LogP contribution in [0.15, 0.2) is 35.1 Å². The first-order valence-corrected chi connectivity index (χ1v) is 9.82. The lowest BCUT2D eigenvalue weighted by atomic mass is 10.2. The molecule has 0 aliphatic carbocycles. The van der Waals surface area contributed by atoms with Gasteiger partial charge in [-0.15, -0.1) is 11.3 Å². The number of nitrogens with one attached hydrogen (secondary N) is 1. The summed E-state index contributed by atoms with van der Waals surface area (Å²) in [5.41, 5.74) is 1.28. The lowest BCUT2D eigenvalue weighted by Gasteiger charge is -2.09. The van der Waals surface area contributed by atoms with Gasteiger partial charge in [0, 0.05) is 11.4 Å². The van der Waals surface area contributed by atoms with Gasteiger partial charge >= 0.3 is 0 Å². The maximum absolute atomic E-state index is 12.7. The number of aromatic amines is 1. The molecular formula is C19H22N2O2S2. The fourth-order valence-corrected chi connectivity index (χ4v) is 4.04. The Morgan fingerprint density at radius 2 is 1.96 bits per heavy atom. The van der Waals surface area contributed by atoms with E-state index in [2.05, 4.69) is 31.0 Å². The third-order valence-corrected chi connectivity index (χ3v) is 5.72. The van der Waals surface area contributed by atoms with Crippen molar-refractivity contribution >= 4 is 33.8 Å². The number of aryl methyl sites for hydroxylation is 2. The third-order valence-electron chi connectivity index (χ3n) is 4.20. The van der Waals surface area contributed by atoms with Crippen LogP contribution in [0, 0.1) is 4.77 Å². The minimum absolute atomic E-state index is 0.0120. The van der Waals surface area contributed by atoms with E-state index < -0.39 is 0 Å². The number of hydrogen-bond acceptors (Lipinski definition) is 4. The predicted molar refractivity (Wildman–Crippen MR) is 107 cm³/mol. The van der Waals surface area contributed by atoms with Crippen molar-refractivity contribution in [3.05, 3.63) is 55.9 Å². The summed E-state index contributed by atoms with van der Waals surface area (Å²) < 4.78 is 7.87. The van der Waals surface area contributed by atoms with Crippen LogP contribution in [0.3, 0.4) is 0 Å². The fourth-order valence-electron chi connectivity index (χ4n) is 2.71. The van der Waals surface area contributed by atoms with Gasteiger partial charge in [0.15, 0.2) is 4.77 Å². The smallest absolute Gasteiger partial charge is 0.263 e. The van der Waals surface area contributed by atoms with E-state index in [0.29, 0.717) is 17.9 Å². The van der Waals surface area contributed by atoms with Crippen molar-refractivity contribution in [3.63, 3.8) is 0 Å². The van der Waals surface area contributed by atoms with Gasteiger partial charge in [-0.2, -0.15) is 0 Å². The number of aromatic nitrogens is 2. The molecular weight excluding hydrogens is 352 g/mol. The van der Waals surface area contributed by atoms with Gasteiger partial charge in [-0.3, -0.25) is 9.36 Å². The van der Waals surface area contributed by atoms with Crippen molar-refractivity contribution in [3.8, 4) is 5.75 Å². The Labute approximate surface area is 156 Å². The molecule has 0 bridgehead atoms. The van der Waals surface area contributed by atoms with E-state index in [1.165, 1.54) is 10.4 Å². The average Bonchev–Trinajstić information content (AvgIpc) is 3.04. The van der Waals surface area contributed by atoms with E-state index in [4.69, 9.17) is 17.0 Å². The SMILES string of the molecule is CCc1ccc(OCCCn2c(=S)[nH]c3sc(CC)cc3c2=O)cc1. The summed E-state index contributed by atoms with van der Waals surface area (Å²) in [4.78, 5) is 17.9. The maximum Gasteiger partial charge on any atom is 0.263 e. The zero-order valence-corrected chi connectivity index (χ0v) is 16.1. The van der Waals surface area contributed by atoms with E-state index in [9.17, 15) is 4.79 Å². The number of fused-ring (bicyclic) bond motifs is 1. The Hall–Kier alpha value is -1.92. The van der Waals surface area contributed by atoms with Crippen molar-refractivity contribution in [2.75, 3.05) is 6.61 Å². The second-order valence-corrected chi connectivity index (χ2v) is 7.42. The van der Waals surface area contributed by atoms with Crippen molar-refractivity contribution in [2.45, 2.75) is 39.7 Å². The molecule has 4 nitrogen and oxygen atoms in total. The second-order valence-electron chi connectivity index (χ2n) is 5.90. The highest BCUT2D eigenvalue weighted by atomic mass is 32.1. The number of hydrogen-bond donors (Lipinski definition) is 1. The maximum atomic E-state index is 12.7. The molecule has 3 aromatic rings. The molecule has 0 aliphatic heterocycles. The van der Waals surface area contributed by atoms with Crippen LogP contribution >= 0.6 is 23.6 Å². The summed E-state index contributed by atoms with van der Waals surface area (Å²) in [6.07, 6.45) is 2.67. The van der Waals surface area contributed by atoms with Gasteiger partial charge in [-0.05, 0) is 55.2 Å². The normalized spacial score (nSPS) is 11.1. The molecule has 2 aromatic heterocycles. The van der Waals surface area contributed by atoms with E-state index >= 15 is 0 Å². The van der Waals surface area contributed by atoms with Crippen LogP contribution in [0.5, 0.6) is 5.75 Å². The summed E-state index contributed by atoms with van der Waals surface area (Å²) in [6, 6.07) is 10.1. The minimum atomic E-state index is -0.0120. The number of thiophene rings is 1. The molecule has 1 N–H and O–H groups in total. The zero-order valence-electron chi connectivity index (χ0n) is 14.5. The Morgan fingerprint density at radius 1 is 1.20 bits per heavy atom. The van der Waals surface area contributed by atoms with Crippen molar-refractivity contribution in [2.24, 2.45) is 0 Å². The summed E-state index contributed by atoms with van der Waals surface area (Å²) in [5, 5.41) is 0.728. The van der Waals surface area contributed by atoms with E-state index in [-0.39, 0.29) is 5.56 Å².